The van der Waals surface area contributed by atoms with Crippen molar-refractivity contribution < 1.29 is 23.6 Å². The largest absolute Gasteiger partial charge is 0.497 e. The molecular formula is C27H30ClN5O5. The number of hydrogen-bond acceptors (Lipinski definition) is 8. The first-order valence-electron chi connectivity index (χ1n) is 12.6. The van der Waals surface area contributed by atoms with E-state index in [-0.39, 0.29) is 22.4 Å². The number of piperidine rings is 1. The summed E-state index contributed by atoms with van der Waals surface area (Å²) in [6.07, 6.45) is 3.36. The van der Waals surface area contributed by atoms with E-state index in [2.05, 4.69) is 15.1 Å². The second-order valence-electron chi connectivity index (χ2n) is 9.82. The lowest BCUT2D eigenvalue weighted by atomic mass is 9.77. The van der Waals surface area contributed by atoms with Crippen molar-refractivity contribution in [2.75, 3.05) is 40.4 Å². The zero-order valence-corrected chi connectivity index (χ0v) is 22.2. The molecule has 2 amide bonds. The number of ether oxygens (including phenoxy) is 2. The lowest BCUT2D eigenvalue weighted by Gasteiger charge is -2.39. The van der Waals surface area contributed by atoms with Crippen molar-refractivity contribution in [3.8, 4) is 23.0 Å². The van der Waals surface area contributed by atoms with Crippen LogP contribution in [0, 0.1) is 5.41 Å². The minimum Gasteiger partial charge on any atom is -0.497 e. The van der Waals surface area contributed by atoms with Gasteiger partial charge in [0.2, 0.25) is 23.5 Å². The molecule has 0 saturated carbocycles. The van der Waals surface area contributed by atoms with Crippen molar-refractivity contribution >= 4 is 23.4 Å². The van der Waals surface area contributed by atoms with Gasteiger partial charge in [-0.25, -0.2) is 4.98 Å². The summed E-state index contributed by atoms with van der Waals surface area (Å²) in [6, 6.07) is 10.6. The molecule has 2 fully saturated rings. The number of carbonyl (C=O) groups is 2. The van der Waals surface area contributed by atoms with Crippen LogP contribution >= 0.6 is 11.6 Å². The SMILES string of the molecule is COc1ccc(-c2noc(CCC(=O)N3CCC4(CCN(C(=O)c5cc(Cl)nc(OC)c5)CC4)C3)n2)cc1. The number of hydrogen-bond donors (Lipinski definition) is 0. The molecular weight excluding hydrogens is 510 g/mol. The van der Waals surface area contributed by atoms with Crippen LogP contribution in [0.5, 0.6) is 11.6 Å². The van der Waals surface area contributed by atoms with Crippen LogP contribution in [-0.4, -0.2) is 77.1 Å². The molecule has 1 aromatic carbocycles. The topological polar surface area (TPSA) is 111 Å². The first-order chi connectivity index (χ1) is 18.4. The van der Waals surface area contributed by atoms with Crippen molar-refractivity contribution in [3.05, 3.63) is 53.0 Å². The molecule has 38 heavy (non-hydrogen) atoms. The van der Waals surface area contributed by atoms with Crippen LogP contribution in [0.25, 0.3) is 11.4 Å². The van der Waals surface area contributed by atoms with E-state index in [1.807, 2.05) is 34.1 Å². The first kappa shape index (κ1) is 26.0. The number of amides is 2. The van der Waals surface area contributed by atoms with E-state index in [0.717, 1.165) is 37.1 Å². The first-order valence-corrected chi connectivity index (χ1v) is 13.0. The van der Waals surface area contributed by atoms with Crippen LogP contribution in [0.15, 0.2) is 40.9 Å². The average Bonchev–Trinajstić information content (AvgIpc) is 3.59. The van der Waals surface area contributed by atoms with Crippen LogP contribution in [0.4, 0.5) is 0 Å². The molecule has 0 unspecified atom stereocenters. The molecule has 2 aliphatic rings. The number of likely N-dealkylation sites (tertiary alicyclic amines) is 2. The Hall–Kier alpha value is -3.66. The normalized spacial score (nSPS) is 16.6. The third-order valence-electron chi connectivity index (χ3n) is 7.50. The van der Waals surface area contributed by atoms with E-state index in [1.165, 1.54) is 7.11 Å². The van der Waals surface area contributed by atoms with Crippen molar-refractivity contribution in [1.29, 1.82) is 0 Å². The molecule has 4 heterocycles. The molecule has 5 rings (SSSR count). The van der Waals surface area contributed by atoms with Gasteiger partial charge in [-0.15, -0.1) is 0 Å². The molecule has 0 radical (unpaired) electrons. The second kappa shape index (κ2) is 11.0. The monoisotopic (exact) mass is 539 g/mol. The van der Waals surface area contributed by atoms with Crippen LogP contribution in [0.1, 0.15) is 41.9 Å². The third kappa shape index (κ3) is 5.60. The van der Waals surface area contributed by atoms with Crippen molar-refractivity contribution in [1.82, 2.24) is 24.9 Å². The van der Waals surface area contributed by atoms with Gasteiger partial charge in [0.05, 0.1) is 14.2 Å². The number of carbonyl (C=O) groups excluding carboxylic acids is 2. The fourth-order valence-corrected chi connectivity index (χ4v) is 5.41. The third-order valence-corrected chi connectivity index (χ3v) is 7.69. The number of pyridine rings is 1. The van der Waals surface area contributed by atoms with Crippen molar-refractivity contribution in [3.63, 3.8) is 0 Å². The highest BCUT2D eigenvalue weighted by atomic mass is 35.5. The van der Waals surface area contributed by atoms with Gasteiger partial charge in [0.25, 0.3) is 5.91 Å². The zero-order chi connectivity index (χ0) is 26.7. The maximum absolute atomic E-state index is 13.0. The highest BCUT2D eigenvalue weighted by molar-refractivity contribution is 6.29. The molecule has 11 heteroatoms. The van der Waals surface area contributed by atoms with Gasteiger partial charge in [0, 0.05) is 56.2 Å². The number of benzene rings is 1. The number of aryl methyl sites for hydroxylation is 1. The van der Waals surface area contributed by atoms with E-state index in [1.54, 1.807) is 19.2 Å². The molecule has 3 aromatic rings. The molecule has 1 spiro atoms. The summed E-state index contributed by atoms with van der Waals surface area (Å²) in [5, 5.41) is 4.27. The Morgan fingerprint density at radius 3 is 2.39 bits per heavy atom. The number of nitrogens with zero attached hydrogens (tertiary/aromatic N) is 5. The predicted molar refractivity (Wildman–Crippen MR) is 139 cm³/mol. The van der Waals surface area contributed by atoms with Crippen LogP contribution < -0.4 is 9.47 Å². The Morgan fingerprint density at radius 1 is 1.00 bits per heavy atom. The van der Waals surface area contributed by atoms with Gasteiger partial charge in [-0.1, -0.05) is 16.8 Å². The Bertz CT molecular complexity index is 1300. The summed E-state index contributed by atoms with van der Waals surface area (Å²) in [5.74, 6) is 2.01. The van der Waals surface area contributed by atoms with E-state index < -0.39 is 0 Å². The quantitative estimate of drug-likeness (QED) is 0.416. The van der Waals surface area contributed by atoms with Crippen LogP contribution in [-0.2, 0) is 11.2 Å². The Kier molecular flexibility index (Phi) is 7.51. The van der Waals surface area contributed by atoms with Crippen LogP contribution in [0.2, 0.25) is 5.15 Å². The summed E-state index contributed by atoms with van der Waals surface area (Å²) >= 11 is 6.04. The fraction of sp³-hybridized carbons (Fsp3) is 0.444. The molecule has 0 aliphatic carbocycles. The lowest BCUT2D eigenvalue weighted by Crippen LogP contribution is -2.44. The number of rotatable bonds is 7. The molecule has 0 atom stereocenters. The van der Waals surface area contributed by atoms with E-state index in [4.69, 9.17) is 25.6 Å². The van der Waals surface area contributed by atoms with E-state index in [0.29, 0.717) is 55.6 Å². The minimum atomic E-state index is -0.0815. The highest BCUT2D eigenvalue weighted by Crippen LogP contribution is 2.41. The summed E-state index contributed by atoms with van der Waals surface area (Å²) in [5.41, 5.74) is 1.34. The maximum atomic E-state index is 13.0. The maximum Gasteiger partial charge on any atom is 0.254 e. The molecule has 10 nitrogen and oxygen atoms in total. The van der Waals surface area contributed by atoms with E-state index in [9.17, 15) is 9.59 Å². The molecule has 2 saturated heterocycles. The van der Waals surface area contributed by atoms with Gasteiger partial charge in [-0.2, -0.15) is 4.98 Å². The van der Waals surface area contributed by atoms with Gasteiger partial charge in [0.1, 0.15) is 10.9 Å². The Morgan fingerprint density at radius 2 is 1.71 bits per heavy atom. The minimum absolute atomic E-state index is 0.0477. The predicted octanol–water partition coefficient (Wildman–Crippen LogP) is 3.89. The fourth-order valence-electron chi connectivity index (χ4n) is 5.21. The highest BCUT2D eigenvalue weighted by Gasteiger charge is 2.42. The summed E-state index contributed by atoms with van der Waals surface area (Å²) in [4.78, 5) is 38.3. The van der Waals surface area contributed by atoms with Crippen molar-refractivity contribution in [2.45, 2.75) is 32.1 Å². The molecule has 2 aliphatic heterocycles. The van der Waals surface area contributed by atoms with Gasteiger partial charge >= 0.3 is 0 Å². The molecule has 200 valence electrons. The Labute approximate surface area is 225 Å². The van der Waals surface area contributed by atoms with Gasteiger partial charge in [-0.3, -0.25) is 9.59 Å². The summed E-state index contributed by atoms with van der Waals surface area (Å²) in [7, 11) is 3.11. The molecule has 0 N–H and O–H groups in total. The number of halogens is 1. The number of aromatic nitrogens is 3. The molecule has 0 bridgehead atoms. The van der Waals surface area contributed by atoms with Gasteiger partial charge in [0.15, 0.2) is 0 Å². The lowest BCUT2D eigenvalue weighted by molar-refractivity contribution is -0.130. The standard InChI is InChI=1S/C27H30ClN5O5/c1-36-20-5-3-18(4-6-20)25-30-22(38-31-25)7-8-24(34)33-14-11-27(17-33)9-12-32(13-10-27)26(35)19-15-21(28)29-23(16-19)37-2/h3-6,15-16H,7-14,17H2,1-2H3. The smallest absolute Gasteiger partial charge is 0.254 e. The average molecular weight is 540 g/mol. The van der Waals surface area contributed by atoms with Crippen LogP contribution in [0.3, 0.4) is 0 Å². The zero-order valence-electron chi connectivity index (χ0n) is 21.5. The number of methoxy groups -OCH3 is 2. The van der Waals surface area contributed by atoms with Gasteiger partial charge in [-0.05, 0) is 55.0 Å². The van der Waals surface area contributed by atoms with Crippen molar-refractivity contribution in [2.24, 2.45) is 5.41 Å². The molecule has 2 aromatic heterocycles. The summed E-state index contributed by atoms with van der Waals surface area (Å²) < 4.78 is 15.7. The second-order valence-corrected chi connectivity index (χ2v) is 10.2. The summed E-state index contributed by atoms with van der Waals surface area (Å²) in [6.45, 7) is 2.72. The Balaban J connectivity index is 1.11. The van der Waals surface area contributed by atoms with E-state index >= 15 is 0 Å². The van der Waals surface area contributed by atoms with Gasteiger partial charge < -0.3 is 23.8 Å².